The minimum atomic E-state index is -0.0608. The summed E-state index contributed by atoms with van der Waals surface area (Å²) in [5, 5.41) is 6.03. The average Bonchev–Trinajstić information content (AvgIpc) is 3.38. The van der Waals surface area contributed by atoms with Crippen LogP contribution in [0.25, 0.3) is 0 Å². The summed E-state index contributed by atoms with van der Waals surface area (Å²) < 4.78 is 0. The molecule has 1 amide bonds. The molecule has 3 nitrogen and oxygen atoms in total. The zero-order valence-electron chi connectivity index (χ0n) is 12.2. The van der Waals surface area contributed by atoms with Gasteiger partial charge in [-0.15, -0.1) is 0 Å². The van der Waals surface area contributed by atoms with Crippen molar-refractivity contribution >= 4 is 11.6 Å². The number of hydrogen-bond donors (Lipinski definition) is 2. The maximum Gasteiger partial charge on any atom is 0.251 e. The van der Waals surface area contributed by atoms with Crippen molar-refractivity contribution in [3.63, 3.8) is 0 Å². The van der Waals surface area contributed by atoms with Crippen LogP contribution in [0.2, 0.25) is 0 Å². The summed E-state index contributed by atoms with van der Waals surface area (Å²) in [5.41, 5.74) is 4.38. The lowest BCUT2D eigenvalue weighted by molar-refractivity contribution is 0.0963. The highest BCUT2D eigenvalue weighted by Gasteiger charge is 2.23. The van der Waals surface area contributed by atoms with E-state index < -0.39 is 0 Å². The molecular weight excluding hydrogens is 260 g/mol. The van der Waals surface area contributed by atoms with Crippen LogP contribution >= 0.6 is 0 Å². The van der Waals surface area contributed by atoms with Crippen LogP contribution in [0.5, 0.6) is 0 Å². The summed E-state index contributed by atoms with van der Waals surface area (Å²) in [6, 6.07) is 16.3. The Balaban J connectivity index is 1.67. The first kappa shape index (κ1) is 13.7. The molecule has 2 aromatic carbocycles. The fourth-order valence-corrected chi connectivity index (χ4v) is 2.49. The van der Waals surface area contributed by atoms with Crippen LogP contribution in [0.3, 0.4) is 0 Å². The highest BCUT2D eigenvalue weighted by Crippen LogP contribution is 2.40. The van der Waals surface area contributed by atoms with Gasteiger partial charge >= 0.3 is 0 Å². The van der Waals surface area contributed by atoms with E-state index in [0.29, 0.717) is 5.56 Å². The first-order valence-electron chi connectivity index (χ1n) is 7.41. The molecule has 0 unspecified atom stereocenters. The number of rotatable bonds is 5. The van der Waals surface area contributed by atoms with Crippen LogP contribution in [-0.2, 0) is 6.54 Å². The molecule has 3 heteroatoms. The van der Waals surface area contributed by atoms with Gasteiger partial charge in [-0.2, -0.15) is 0 Å². The Kier molecular flexibility index (Phi) is 3.91. The molecule has 0 spiro atoms. The van der Waals surface area contributed by atoms with Crippen LogP contribution in [0, 0.1) is 0 Å². The van der Waals surface area contributed by atoms with Crippen molar-refractivity contribution in [2.24, 2.45) is 0 Å². The van der Waals surface area contributed by atoms with Crippen LogP contribution in [0.15, 0.2) is 48.5 Å². The molecule has 3 rings (SSSR count). The van der Waals surface area contributed by atoms with Gasteiger partial charge in [0.05, 0.1) is 0 Å². The third kappa shape index (κ3) is 3.43. The van der Waals surface area contributed by atoms with Crippen molar-refractivity contribution in [3.8, 4) is 0 Å². The van der Waals surface area contributed by atoms with Crippen LogP contribution < -0.4 is 10.6 Å². The zero-order valence-corrected chi connectivity index (χ0v) is 12.2. The standard InChI is InChI=1S/C18H20N2O/c1-19-18(21)16-6-3-7-17(11-16)20-12-13-4-2-5-15(10-13)14-8-9-14/h2-7,10-11,14,20H,8-9,12H2,1H3,(H,19,21). The Hall–Kier alpha value is -2.29. The number of amides is 1. The van der Waals surface area contributed by atoms with Gasteiger partial charge in [-0.3, -0.25) is 4.79 Å². The highest BCUT2D eigenvalue weighted by atomic mass is 16.1. The second-order valence-corrected chi connectivity index (χ2v) is 5.53. The highest BCUT2D eigenvalue weighted by molar-refractivity contribution is 5.94. The predicted molar refractivity (Wildman–Crippen MR) is 85.6 cm³/mol. The number of nitrogens with one attached hydrogen (secondary N) is 2. The minimum absolute atomic E-state index is 0.0608. The predicted octanol–water partition coefficient (Wildman–Crippen LogP) is 3.54. The Morgan fingerprint density at radius 2 is 1.95 bits per heavy atom. The summed E-state index contributed by atoms with van der Waals surface area (Å²) in [5.74, 6) is 0.718. The Morgan fingerprint density at radius 3 is 2.71 bits per heavy atom. The molecule has 2 aromatic rings. The van der Waals surface area contributed by atoms with E-state index in [1.54, 1.807) is 7.05 Å². The minimum Gasteiger partial charge on any atom is -0.381 e. The van der Waals surface area contributed by atoms with Crippen molar-refractivity contribution in [1.82, 2.24) is 5.32 Å². The zero-order chi connectivity index (χ0) is 14.7. The first-order valence-corrected chi connectivity index (χ1v) is 7.41. The van der Waals surface area contributed by atoms with E-state index in [2.05, 4.69) is 34.9 Å². The van der Waals surface area contributed by atoms with Gasteiger partial charge in [-0.25, -0.2) is 0 Å². The Bertz CT molecular complexity index is 647. The molecule has 0 heterocycles. The first-order chi connectivity index (χ1) is 10.3. The van der Waals surface area contributed by atoms with Gasteiger partial charge in [0, 0.05) is 24.8 Å². The summed E-state index contributed by atoms with van der Waals surface area (Å²) in [6.45, 7) is 0.776. The fraction of sp³-hybridized carbons (Fsp3) is 0.278. The maximum absolute atomic E-state index is 11.6. The van der Waals surface area contributed by atoms with E-state index in [1.807, 2.05) is 24.3 Å². The van der Waals surface area contributed by atoms with E-state index in [1.165, 1.54) is 24.0 Å². The molecular formula is C18H20N2O. The Labute approximate surface area is 125 Å². The Morgan fingerprint density at radius 1 is 1.14 bits per heavy atom. The summed E-state index contributed by atoms with van der Waals surface area (Å²) in [7, 11) is 1.64. The monoisotopic (exact) mass is 280 g/mol. The van der Waals surface area contributed by atoms with Gasteiger partial charge in [0.15, 0.2) is 0 Å². The summed E-state index contributed by atoms with van der Waals surface area (Å²) >= 11 is 0. The summed E-state index contributed by atoms with van der Waals surface area (Å²) in [4.78, 5) is 11.6. The lowest BCUT2D eigenvalue weighted by Gasteiger charge is -2.09. The number of benzene rings is 2. The molecule has 108 valence electrons. The molecule has 0 radical (unpaired) electrons. The van der Waals surface area contributed by atoms with Crippen molar-refractivity contribution in [3.05, 3.63) is 65.2 Å². The van der Waals surface area contributed by atoms with Gasteiger partial charge in [-0.1, -0.05) is 30.3 Å². The lowest BCUT2D eigenvalue weighted by atomic mass is 10.1. The molecule has 1 aliphatic carbocycles. The second kappa shape index (κ2) is 6.00. The molecule has 1 saturated carbocycles. The fourth-order valence-electron chi connectivity index (χ4n) is 2.49. The number of anilines is 1. The molecule has 1 fully saturated rings. The van der Waals surface area contributed by atoms with Gasteiger partial charge < -0.3 is 10.6 Å². The van der Waals surface area contributed by atoms with E-state index in [4.69, 9.17) is 0 Å². The molecule has 0 atom stereocenters. The van der Waals surface area contributed by atoms with Crippen molar-refractivity contribution in [2.75, 3.05) is 12.4 Å². The molecule has 2 N–H and O–H groups in total. The van der Waals surface area contributed by atoms with E-state index in [9.17, 15) is 4.79 Å². The lowest BCUT2D eigenvalue weighted by Crippen LogP contribution is -2.17. The quantitative estimate of drug-likeness (QED) is 0.879. The van der Waals surface area contributed by atoms with E-state index in [0.717, 1.165) is 18.2 Å². The number of carbonyl (C=O) groups excluding carboxylic acids is 1. The van der Waals surface area contributed by atoms with Crippen LogP contribution in [0.1, 0.15) is 40.2 Å². The number of hydrogen-bond acceptors (Lipinski definition) is 2. The largest absolute Gasteiger partial charge is 0.381 e. The molecule has 21 heavy (non-hydrogen) atoms. The normalized spacial score (nSPS) is 13.8. The third-order valence-corrected chi connectivity index (χ3v) is 3.85. The van der Waals surface area contributed by atoms with Gasteiger partial charge in [0.1, 0.15) is 0 Å². The van der Waals surface area contributed by atoms with Crippen LogP contribution in [-0.4, -0.2) is 13.0 Å². The SMILES string of the molecule is CNC(=O)c1cccc(NCc2cccc(C3CC3)c2)c1. The van der Waals surface area contributed by atoms with Gasteiger partial charge in [0.25, 0.3) is 5.91 Å². The van der Waals surface area contributed by atoms with E-state index >= 15 is 0 Å². The van der Waals surface area contributed by atoms with Gasteiger partial charge in [-0.05, 0) is 48.1 Å². The second-order valence-electron chi connectivity index (χ2n) is 5.53. The summed E-state index contributed by atoms with van der Waals surface area (Å²) in [6.07, 6.45) is 2.65. The topological polar surface area (TPSA) is 41.1 Å². The molecule has 0 aromatic heterocycles. The van der Waals surface area contributed by atoms with Gasteiger partial charge in [0.2, 0.25) is 0 Å². The molecule has 0 bridgehead atoms. The third-order valence-electron chi connectivity index (χ3n) is 3.85. The van der Waals surface area contributed by atoms with Crippen LogP contribution in [0.4, 0.5) is 5.69 Å². The molecule has 0 aliphatic heterocycles. The van der Waals surface area contributed by atoms with E-state index in [-0.39, 0.29) is 5.91 Å². The smallest absolute Gasteiger partial charge is 0.251 e. The maximum atomic E-state index is 11.6. The average molecular weight is 280 g/mol. The van der Waals surface area contributed by atoms with Crippen molar-refractivity contribution < 1.29 is 4.79 Å². The molecule has 1 aliphatic rings. The van der Waals surface area contributed by atoms with Crippen molar-refractivity contribution in [2.45, 2.75) is 25.3 Å². The molecule has 0 saturated heterocycles. The number of carbonyl (C=O) groups is 1. The van der Waals surface area contributed by atoms with Crippen molar-refractivity contribution in [1.29, 1.82) is 0 Å².